The Morgan fingerprint density at radius 3 is 2.41 bits per heavy atom. The lowest BCUT2D eigenvalue weighted by atomic mass is 10.2. The van der Waals surface area contributed by atoms with Gasteiger partial charge in [-0.1, -0.05) is 18.5 Å². The van der Waals surface area contributed by atoms with E-state index in [2.05, 4.69) is 4.72 Å². The van der Waals surface area contributed by atoms with Gasteiger partial charge in [-0.25, -0.2) is 21.1 Å². The van der Waals surface area contributed by atoms with Gasteiger partial charge in [-0.05, 0) is 49.4 Å². The number of nitrogens with zero attached hydrogens (tertiary/aromatic N) is 1. The van der Waals surface area contributed by atoms with E-state index in [0.29, 0.717) is 9.33 Å². The Balaban J connectivity index is 2.08. The Morgan fingerprint density at radius 1 is 1.21 bits per heavy atom. The lowest BCUT2D eigenvalue weighted by molar-refractivity contribution is -0.119. The summed E-state index contributed by atoms with van der Waals surface area (Å²) in [6.45, 7) is 3.39. The first-order valence-electron chi connectivity index (χ1n) is 8.67. The highest BCUT2D eigenvalue weighted by atomic mass is 35.5. The van der Waals surface area contributed by atoms with Gasteiger partial charge in [0.1, 0.15) is 10.6 Å². The molecule has 8 nitrogen and oxygen atoms in total. The van der Waals surface area contributed by atoms with E-state index in [-0.39, 0.29) is 34.4 Å². The summed E-state index contributed by atoms with van der Waals surface area (Å²) in [7, 11) is -8.03. The summed E-state index contributed by atoms with van der Waals surface area (Å²) >= 11 is 5.82. The van der Waals surface area contributed by atoms with Crippen LogP contribution in [0, 0.1) is 5.92 Å². The van der Waals surface area contributed by atoms with Crippen molar-refractivity contribution in [3.05, 3.63) is 47.5 Å². The molecular formula is C18H19ClN2O6S2. The molecule has 1 saturated heterocycles. The molecule has 2 aromatic carbocycles. The van der Waals surface area contributed by atoms with E-state index < -0.39 is 31.9 Å². The number of sulfonamides is 2. The maximum atomic E-state index is 13.0. The third-order valence-corrected chi connectivity index (χ3v) is 7.73. The lowest BCUT2D eigenvalue weighted by Crippen LogP contribution is -2.30. The van der Waals surface area contributed by atoms with Gasteiger partial charge in [-0.3, -0.25) is 9.52 Å². The lowest BCUT2D eigenvalue weighted by Gasteiger charge is -2.19. The monoisotopic (exact) mass is 458 g/mol. The zero-order valence-corrected chi connectivity index (χ0v) is 18.0. The fourth-order valence-electron chi connectivity index (χ4n) is 2.92. The number of nitrogens with one attached hydrogen (secondary N) is 1. The quantitative estimate of drug-likeness (QED) is 0.712. The predicted molar refractivity (Wildman–Crippen MR) is 110 cm³/mol. The molecule has 2 aromatic rings. The number of carbonyl (C=O) groups excluding carboxylic acids is 1. The maximum Gasteiger partial charge on any atom is 0.265 e. The van der Waals surface area contributed by atoms with Crippen molar-refractivity contribution in [3.63, 3.8) is 0 Å². The van der Waals surface area contributed by atoms with Crippen LogP contribution in [-0.4, -0.2) is 35.1 Å². The number of hydrogen-bond donors (Lipinski definition) is 1. The molecule has 0 spiro atoms. The second-order valence-corrected chi connectivity index (χ2v) is 10.4. The van der Waals surface area contributed by atoms with Crippen molar-refractivity contribution < 1.29 is 26.4 Å². The van der Waals surface area contributed by atoms with Gasteiger partial charge in [0.25, 0.3) is 10.0 Å². The molecule has 0 radical (unpaired) electrons. The van der Waals surface area contributed by atoms with Crippen molar-refractivity contribution in [3.8, 4) is 5.75 Å². The SMILES string of the molecule is CCOc1ccc(N2C(=O)C(C)CS2(=O)=O)cc1S(=O)(=O)Nc1ccc(Cl)cc1. The summed E-state index contributed by atoms with van der Waals surface area (Å²) in [5.41, 5.74) is 0.208. The Labute approximate surface area is 174 Å². The molecular weight excluding hydrogens is 440 g/mol. The fraction of sp³-hybridized carbons (Fsp3) is 0.278. The smallest absolute Gasteiger partial charge is 0.265 e. The topological polar surface area (TPSA) is 110 Å². The van der Waals surface area contributed by atoms with Crippen molar-refractivity contribution in [2.45, 2.75) is 18.7 Å². The average Bonchev–Trinajstić information content (AvgIpc) is 2.84. The molecule has 1 fully saturated rings. The molecule has 1 atom stereocenters. The minimum atomic E-state index is -4.15. The Bertz CT molecular complexity index is 1150. The van der Waals surface area contributed by atoms with Gasteiger partial charge in [0.2, 0.25) is 15.9 Å². The van der Waals surface area contributed by atoms with E-state index in [9.17, 15) is 21.6 Å². The third kappa shape index (κ3) is 4.34. The van der Waals surface area contributed by atoms with Gasteiger partial charge in [-0.2, -0.15) is 0 Å². The zero-order valence-electron chi connectivity index (χ0n) is 15.6. The highest BCUT2D eigenvalue weighted by Gasteiger charge is 2.42. The largest absolute Gasteiger partial charge is 0.492 e. The average molecular weight is 459 g/mol. The van der Waals surface area contributed by atoms with E-state index in [1.807, 2.05) is 0 Å². The Morgan fingerprint density at radius 2 is 1.86 bits per heavy atom. The first kappa shape index (κ1) is 21.4. The number of carbonyl (C=O) groups is 1. The predicted octanol–water partition coefficient (Wildman–Crippen LogP) is 2.85. The van der Waals surface area contributed by atoms with Crippen LogP contribution in [0.5, 0.6) is 5.75 Å². The molecule has 1 N–H and O–H groups in total. The molecule has 0 bridgehead atoms. The minimum Gasteiger partial charge on any atom is -0.492 e. The van der Waals surface area contributed by atoms with E-state index in [1.165, 1.54) is 43.3 Å². The fourth-order valence-corrected chi connectivity index (χ4v) is 6.09. The standard InChI is InChI=1S/C18H19ClN2O6S2/c1-3-27-16-9-8-15(21-18(22)12(2)11-28(21,23)24)10-17(16)29(25,26)20-14-6-4-13(19)5-7-14/h4-10,12,20H,3,11H2,1-2H3. The third-order valence-electron chi connectivity index (χ3n) is 4.21. The summed E-state index contributed by atoms with van der Waals surface area (Å²) in [6.07, 6.45) is 0. The summed E-state index contributed by atoms with van der Waals surface area (Å²) in [6, 6.07) is 9.82. The van der Waals surface area contributed by atoms with Crippen molar-refractivity contribution in [1.29, 1.82) is 0 Å². The molecule has 0 saturated carbocycles. The first-order chi connectivity index (χ1) is 13.5. The Kier molecular flexibility index (Phi) is 5.79. The summed E-state index contributed by atoms with van der Waals surface area (Å²) in [5.74, 6) is -1.61. The molecule has 156 valence electrons. The number of amides is 1. The van der Waals surface area contributed by atoms with Crippen LogP contribution >= 0.6 is 11.6 Å². The summed E-state index contributed by atoms with van der Waals surface area (Å²) in [5, 5.41) is 0.442. The van der Waals surface area contributed by atoms with E-state index in [4.69, 9.17) is 16.3 Å². The molecule has 0 aromatic heterocycles. The molecule has 29 heavy (non-hydrogen) atoms. The molecule has 1 heterocycles. The normalized spacial score (nSPS) is 18.7. The minimum absolute atomic E-state index is 0.0369. The maximum absolute atomic E-state index is 13.0. The van der Waals surface area contributed by atoms with Crippen LogP contribution in [0.3, 0.4) is 0 Å². The van der Waals surface area contributed by atoms with Crippen LogP contribution in [0.25, 0.3) is 0 Å². The first-order valence-corrected chi connectivity index (χ1v) is 12.1. The van der Waals surface area contributed by atoms with Crippen LogP contribution < -0.4 is 13.8 Å². The van der Waals surface area contributed by atoms with Crippen molar-refractivity contribution in [1.82, 2.24) is 0 Å². The summed E-state index contributed by atoms with van der Waals surface area (Å²) < 4.78 is 59.2. The van der Waals surface area contributed by atoms with Crippen molar-refractivity contribution in [2.24, 2.45) is 5.92 Å². The van der Waals surface area contributed by atoms with Gasteiger partial charge in [0.05, 0.1) is 24.0 Å². The van der Waals surface area contributed by atoms with Crippen LogP contribution in [0.1, 0.15) is 13.8 Å². The van der Waals surface area contributed by atoms with Crippen LogP contribution in [0.2, 0.25) is 5.02 Å². The van der Waals surface area contributed by atoms with Crippen LogP contribution in [-0.2, 0) is 24.8 Å². The van der Waals surface area contributed by atoms with Gasteiger partial charge >= 0.3 is 0 Å². The van der Waals surface area contributed by atoms with Gasteiger partial charge in [0.15, 0.2) is 0 Å². The second kappa shape index (κ2) is 7.85. The van der Waals surface area contributed by atoms with E-state index in [0.717, 1.165) is 6.07 Å². The van der Waals surface area contributed by atoms with Gasteiger partial charge in [0, 0.05) is 10.7 Å². The molecule has 1 amide bonds. The number of halogens is 1. The van der Waals surface area contributed by atoms with Gasteiger partial charge < -0.3 is 4.74 Å². The van der Waals surface area contributed by atoms with E-state index in [1.54, 1.807) is 6.92 Å². The zero-order chi connectivity index (χ0) is 21.4. The highest BCUT2D eigenvalue weighted by Crippen LogP contribution is 2.34. The van der Waals surface area contributed by atoms with Crippen molar-refractivity contribution in [2.75, 3.05) is 21.4 Å². The number of ether oxygens (including phenoxy) is 1. The van der Waals surface area contributed by atoms with Crippen LogP contribution in [0.4, 0.5) is 11.4 Å². The molecule has 1 aliphatic heterocycles. The second-order valence-electron chi connectivity index (χ2n) is 6.46. The molecule has 3 rings (SSSR count). The number of rotatable bonds is 6. The van der Waals surface area contributed by atoms with E-state index >= 15 is 0 Å². The molecule has 0 aliphatic carbocycles. The Hall–Kier alpha value is -2.30. The number of anilines is 2. The van der Waals surface area contributed by atoms with Crippen LogP contribution in [0.15, 0.2) is 47.4 Å². The molecule has 1 unspecified atom stereocenters. The highest BCUT2D eigenvalue weighted by molar-refractivity contribution is 7.94. The van der Waals surface area contributed by atoms with Crippen molar-refractivity contribution >= 4 is 48.9 Å². The summed E-state index contributed by atoms with van der Waals surface area (Å²) in [4.78, 5) is 12.1. The number of hydrogen-bond acceptors (Lipinski definition) is 6. The molecule has 11 heteroatoms. The van der Waals surface area contributed by atoms with Gasteiger partial charge in [-0.15, -0.1) is 0 Å². The molecule has 1 aliphatic rings. The number of benzene rings is 2.